The SMILES string of the molecule is CNCC(=O)NCC(C)(C)NS(C)(=O)=O. The Morgan fingerprint density at radius 1 is 1.33 bits per heavy atom. The van der Waals surface area contributed by atoms with Crippen molar-refractivity contribution in [1.29, 1.82) is 0 Å². The second kappa shape index (κ2) is 5.43. The Balaban J connectivity index is 4.10. The van der Waals surface area contributed by atoms with Crippen LogP contribution in [-0.4, -0.2) is 46.3 Å². The summed E-state index contributed by atoms with van der Waals surface area (Å²) in [5.74, 6) is -0.166. The molecule has 0 aliphatic carbocycles. The molecule has 0 fully saturated rings. The Morgan fingerprint density at radius 3 is 2.27 bits per heavy atom. The van der Waals surface area contributed by atoms with Crippen LogP contribution in [0.1, 0.15) is 13.8 Å². The third kappa shape index (κ3) is 8.34. The molecule has 0 rings (SSSR count). The molecule has 15 heavy (non-hydrogen) atoms. The molecule has 0 saturated carbocycles. The minimum atomic E-state index is -3.26. The van der Waals surface area contributed by atoms with Gasteiger partial charge in [0.05, 0.1) is 12.8 Å². The number of carbonyl (C=O) groups excluding carboxylic acids is 1. The number of sulfonamides is 1. The normalized spacial score (nSPS) is 12.5. The molecule has 0 radical (unpaired) electrons. The topological polar surface area (TPSA) is 87.3 Å². The van der Waals surface area contributed by atoms with E-state index in [9.17, 15) is 13.2 Å². The quantitative estimate of drug-likeness (QED) is 0.533. The van der Waals surface area contributed by atoms with Crippen LogP contribution in [-0.2, 0) is 14.8 Å². The lowest BCUT2D eigenvalue weighted by Crippen LogP contribution is -2.51. The fraction of sp³-hybridized carbons (Fsp3) is 0.875. The number of likely N-dealkylation sites (N-methyl/N-ethyl adjacent to an activating group) is 1. The van der Waals surface area contributed by atoms with Gasteiger partial charge in [0.2, 0.25) is 15.9 Å². The molecule has 3 N–H and O–H groups in total. The van der Waals surface area contributed by atoms with Crippen molar-refractivity contribution < 1.29 is 13.2 Å². The Hall–Kier alpha value is -0.660. The monoisotopic (exact) mass is 237 g/mol. The van der Waals surface area contributed by atoms with Crippen molar-refractivity contribution in [3.05, 3.63) is 0 Å². The highest BCUT2D eigenvalue weighted by atomic mass is 32.2. The lowest BCUT2D eigenvalue weighted by molar-refractivity contribution is -0.120. The van der Waals surface area contributed by atoms with Crippen LogP contribution in [0.25, 0.3) is 0 Å². The van der Waals surface area contributed by atoms with Crippen molar-refractivity contribution in [2.24, 2.45) is 0 Å². The van der Waals surface area contributed by atoms with Gasteiger partial charge >= 0.3 is 0 Å². The highest BCUT2D eigenvalue weighted by Crippen LogP contribution is 2.01. The number of hydrogen-bond acceptors (Lipinski definition) is 4. The largest absolute Gasteiger partial charge is 0.353 e. The maximum atomic E-state index is 11.1. The van der Waals surface area contributed by atoms with E-state index in [1.54, 1.807) is 20.9 Å². The molecule has 0 aromatic rings. The molecule has 0 aromatic heterocycles. The minimum absolute atomic E-state index is 0.166. The van der Waals surface area contributed by atoms with Crippen LogP contribution in [0.15, 0.2) is 0 Å². The van der Waals surface area contributed by atoms with E-state index in [-0.39, 0.29) is 19.0 Å². The first kappa shape index (κ1) is 14.3. The molecule has 90 valence electrons. The van der Waals surface area contributed by atoms with Gasteiger partial charge in [-0.05, 0) is 20.9 Å². The summed E-state index contributed by atoms with van der Waals surface area (Å²) in [5, 5.41) is 5.32. The van der Waals surface area contributed by atoms with Crippen molar-refractivity contribution in [3.63, 3.8) is 0 Å². The Labute approximate surface area is 90.9 Å². The third-order valence-electron chi connectivity index (χ3n) is 1.53. The maximum absolute atomic E-state index is 11.1. The maximum Gasteiger partial charge on any atom is 0.234 e. The number of nitrogens with one attached hydrogen (secondary N) is 3. The molecule has 0 aromatic carbocycles. The predicted octanol–water partition coefficient (Wildman–Crippen LogP) is -1.35. The van der Waals surface area contributed by atoms with Gasteiger partial charge in [-0.25, -0.2) is 13.1 Å². The van der Waals surface area contributed by atoms with Crippen LogP contribution in [0, 0.1) is 0 Å². The zero-order chi connectivity index (χ0) is 12.1. The van der Waals surface area contributed by atoms with E-state index < -0.39 is 15.6 Å². The highest BCUT2D eigenvalue weighted by Gasteiger charge is 2.22. The fourth-order valence-corrected chi connectivity index (χ4v) is 2.16. The number of amides is 1. The van der Waals surface area contributed by atoms with Crippen molar-refractivity contribution in [2.75, 3.05) is 26.4 Å². The smallest absolute Gasteiger partial charge is 0.234 e. The van der Waals surface area contributed by atoms with Gasteiger partial charge in [-0.2, -0.15) is 0 Å². The number of hydrogen-bond donors (Lipinski definition) is 3. The first-order valence-electron chi connectivity index (χ1n) is 4.56. The summed E-state index contributed by atoms with van der Waals surface area (Å²) in [6, 6.07) is 0. The second-order valence-electron chi connectivity index (χ2n) is 4.07. The average molecular weight is 237 g/mol. The van der Waals surface area contributed by atoms with Crippen LogP contribution in [0.3, 0.4) is 0 Å². The minimum Gasteiger partial charge on any atom is -0.353 e. The number of carbonyl (C=O) groups is 1. The molecule has 0 unspecified atom stereocenters. The van der Waals surface area contributed by atoms with E-state index in [4.69, 9.17) is 0 Å². The zero-order valence-corrected chi connectivity index (χ0v) is 10.4. The van der Waals surface area contributed by atoms with E-state index in [0.717, 1.165) is 6.26 Å². The summed E-state index contributed by atoms with van der Waals surface area (Å²) in [5.41, 5.74) is -0.684. The summed E-state index contributed by atoms with van der Waals surface area (Å²) in [6.07, 6.45) is 1.09. The summed E-state index contributed by atoms with van der Waals surface area (Å²) in [6.45, 7) is 3.87. The van der Waals surface area contributed by atoms with Gasteiger partial charge in [-0.1, -0.05) is 0 Å². The van der Waals surface area contributed by atoms with Gasteiger partial charge in [-0.15, -0.1) is 0 Å². The summed E-state index contributed by atoms with van der Waals surface area (Å²) in [7, 11) is -1.59. The van der Waals surface area contributed by atoms with Crippen LogP contribution in [0.5, 0.6) is 0 Å². The molecule has 0 bridgehead atoms. The molecule has 0 aliphatic heterocycles. The second-order valence-corrected chi connectivity index (χ2v) is 5.81. The molecule has 1 amide bonds. The van der Waals surface area contributed by atoms with Crippen molar-refractivity contribution in [1.82, 2.24) is 15.4 Å². The van der Waals surface area contributed by atoms with Crippen molar-refractivity contribution in [2.45, 2.75) is 19.4 Å². The summed E-state index contributed by atoms with van der Waals surface area (Å²) in [4.78, 5) is 11.1. The first-order chi connectivity index (χ1) is 6.66. The lowest BCUT2D eigenvalue weighted by atomic mass is 10.1. The molecule has 6 nitrogen and oxygen atoms in total. The first-order valence-corrected chi connectivity index (χ1v) is 6.46. The van der Waals surface area contributed by atoms with Gasteiger partial charge in [0.25, 0.3) is 0 Å². The van der Waals surface area contributed by atoms with Gasteiger partial charge in [0.15, 0.2) is 0 Å². The van der Waals surface area contributed by atoms with E-state index >= 15 is 0 Å². The third-order valence-corrected chi connectivity index (χ3v) is 2.45. The summed E-state index contributed by atoms with van der Waals surface area (Å²) < 4.78 is 24.4. The van der Waals surface area contributed by atoms with Gasteiger partial charge in [-0.3, -0.25) is 4.79 Å². The molecular formula is C8H19N3O3S. The van der Waals surface area contributed by atoms with Crippen LogP contribution in [0.2, 0.25) is 0 Å². The van der Waals surface area contributed by atoms with Crippen LogP contribution >= 0.6 is 0 Å². The number of rotatable bonds is 6. The molecule has 0 saturated heterocycles. The van der Waals surface area contributed by atoms with Gasteiger partial charge in [0, 0.05) is 12.1 Å². The van der Waals surface area contributed by atoms with Gasteiger partial charge < -0.3 is 10.6 Å². The molecule has 0 heterocycles. The standard InChI is InChI=1S/C8H19N3O3S/c1-8(2,11-15(4,13)14)6-10-7(12)5-9-3/h9,11H,5-6H2,1-4H3,(H,10,12). The van der Waals surface area contributed by atoms with E-state index in [0.29, 0.717) is 0 Å². The highest BCUT2D eigenvalue weighted by molar-refractivity contribution is 7.88. The predicted molar refractivity (Wildman–Crippen MR) is 59.0 cm³/mol. The molecule has 7 heteroatoms. The zero-order valence-electron chi connectivity index (χ0n) is 9.55. The molecule has 0 aliphatic rings. The van der Waals surface area contributed by atoms with Crippen LogP contribution in [0.4, 0.5) is 0 Å². The van der Waals surface area contributed by atoms with E-state index in [1.807, 2.05) is 0 Å². The van der Waals surface area contributed by atoms with E-state index in [2.05, 4.69) is 15.4 Å². The molecule has 0 atom stereocenters. The van der Waals surface area contributed by atoms with E-state index in [1.165, 1.54) is 0 Å². The van der Waals surface area contributed by atoms with Crippen molar-refractivity contribution in [3.8, 4) is 0 Å². The molecule has 0 spiro atoms. The van der Waals surface area contributed by atoms with Gasteiger partial charge in [0.1, 0.15) is 0 Å². The fourth-order valence-electron chi connectivity index (χ4n) is 1.08. The summed E-state index contributed by atoms with van der Waals surface area (Å²) >= 11 is 0. The van der Waals surface area contributed by atoms with Crippen LogP contribution < -0.4 is 15.4 Å². The Bertz CT molecular complexity index is 311. The molecular weight excluding hydrogens is 218 g/mol. The average Bonchev–Trinajstić information content (AvgIpc) is 1.97. The lowest BCUT2D eigenvalue weighted by Gasteiger charge is -2.25. The Morgan fingerprint density at radius 2 is 1.87 bits per heavy atom. The van der Waals surface area contributed by atoms with Crippen molar-refractivity contribution >= 4 is 15.9 Å². The Kier molecular flexibility index (Phi) is 5.19.